The van der Waals surface area contributed by atoms with Crippen LogP contribution in [0.25, 0.3) is 6.08 Å². The number of ether oxygens (including phenoxy) is 1. The molecule has 0 atom stereocenters. The summed E-state index contributed by atoms with van der Waals surface area (Å²) >= 11 is 0. The van der Waals surface area contributed by atoms with Crippen molar-refractivity contribution in [3.63, 3.8) is 0 Å². The molecule has 0 saturated carbocycles. The van der Waals surface area contributed by atoms with Crippen LogP contribution in [0.15, 0.2) is 59.5 Å². The number of rotatable bonds is 10. The second kappa shape index (κ2) is 13.3. The van der Waals surface area contributed by atoms with Crippen LogP contribution in [-0.2, 0) is 20.2 Å². The van der Waals surface area contributed by atoms with E-state index < -0.39 is 10.0 Å². The van der Waals surface area contributed by atoms with Crippen molar-refractivity contribution in [2.45, 2.75) is 58.3 Å². The van der Waals surface area contributed by atoms with E-state index in [1.165, 1.54) is 0 Å². The number of benzene rings is 2. The maximum atomic E-state index is 13.3. The largest absolute Gasteiger partial charge is 0.496 e. The number of hydrogen-bond acceptors (Lipinski definition) is 5. The van der Waals surface area contributed by atoms with Crippen LogP contribution >= 0.6 is 0 Å². The normalized spacial score (nSPS) is 15.9. The minimum Gasteiger partial charge on any atom is -0.496 e. The van der Waals surface area contributed by atoms with Crippen LogP contribution < -0.4 is 4.74 Å². The summed E-state index contributed by atoms with van der Waals surface area (Å²) < 4.78 is 33.5. The standard InChI is InChI=1S/C32H47N3O4S/c1-31(2,3)25-30(36)34(18-10-12-26-11-8-9-13-29(26)39-7)22-19-33-20-23-35(24-21-33)40(37,38)28-16-14-27(15-17-28)32(4,5)6/h8-17H,18-25H2,1-7H3/b12-10+. The first-order chi connectivity index (χ1) is 18.7. The summed E-state index contributed by atoms with van der Waals surface area (Å²) in [5.41, 5.74) is 1.95. The molecule has 1 aliphatic rings. The zero-order valence-electron chi connectivity index (χ0n) is 25.3. The van der Waals surface area contributed by atoms with Crippen LogP contribution in [0.1, 0.15) is 59.1 Å². The van der Waals surface area contributed by atoms with Crippen molar-refractivity contribution < 1.29 is 17.9 Å². The predicted molar refractivity (Wildman–Crippen MR) is 163 cm³/mol. The average molecular weight is 570 g/mol. The van der Waals surface area contributed by atoms with Gasteiger partial charge in [0, 0.05) is 57.8 Å². The highest BCUT2D eigenvalue weighted by Crippen LogP contribution is 2.25. The molecular formula is C32H47N3O4S. The van der Waals surface area contributed by atoms with Crippen molar-refractivity contribution in [1.82, 2.24) is 14.1 Å². The zero-order valence-corrected chi connectivity index (χ0v) is 26.1. The van der Waals surface area contributed by atoms with Gasteiger partial charge in [-0.15, -0.1) is 0 Å². The topological polar surface area (TPSA) is 70.2 Å². The first-order valence-electron chi connectivity index (χ1n) is 14.1. The van der Waals surface area contributed by atoms with Gasteiger partial charge in [-0.3, -0.25) is 9.69 Å². The van der Waals surface area contributed by atoms with E-state index in [4.69, 9.17) is 4.74 Å². The number of carbonyl (C=O) groups is 1. The number of hydrogen-bond donors (Lipinski definition) is 0. The highest BCUT2D eigenvalue weighted by Gasteiger charge is 2.29. The van der Waals surface area contributed by atoms with Gasteiger partial charge in [-0.1, -0.05) is 84.0 Å². The Kier molecular flexibility index (Phi) is 10.6. The molecule has 40 heavy (non-hydrogen) atoms. The fourth-order valence-electron chi connectivity index (χ4n) is 4.73. The molecule has 1 heterocycles. The highest BCUT2D eigenvalue weighted by molar-refractivity contribution is 7.89. The second-order valence-corrected chi connectivity index (χ2v) is 14.7. The van der Waals surface area contributed by atoms with Crippen LogP contribution in [0.2, 0.25) is 0 Å². The summed E-state index contributed by atoms with van der Waals surface area (Å²) in [6.45, 7) is 16.5. The Labute approximate surface area is 241 Å². The van der Waals surface area contributed by atoms with E-state index in [0.29, 0.717) is 57.1 Å². The van der Waals surface area contributed by atoms with Gasteiger partial charge in [0.15, 0.2) is 0 Å². The smallest absolute Gasteiger partial charge is 0.243 e. The van der Waals surface area contributed by atoms with Crippen LogP contribution in [0.4, 0.5) is 0 Å². The Bertz CT molecular complexity index is 1250. The van der Waals surface area contributed by atoms with Gasteiger partial charge in [0.2, 0.25) is 15.9 Å². The van der Waals surface area contributed by atoms with Crippen LogP contribution in [0.5, 0.6) is 5.75 Å². The molecule has 8 heteroatoms. The first kappa shape index (κ1) is 31.8. The molecule has 0 aliphatic carbocycles. The van der Waals surface area contributed by atoms with E-state index in [2.05, 4.69) is 46.4 Å². The maximum absolute atomic E-state index is 13.3. The Morgan fingerprint density at radius 1 is 0.950 bits per heavy atom. The Morgan fingerprint density at radius 3 is 2.15 bits per heavy atom. The number of carbonyl (C=O) groups excluding carboxylic acids is 1. The number of amides is 1. The maximum Gasteiger partial charge on any atom is 0.243 e. The predicted octanol–water partition coefficient (Wildman–Crippen LogP) is 5.28. The fourth-order valence-corrected chi connectivity index (χ4v) is 6.15. The van der Waals surface area contributed by atoms with Gasteiger partial charge in [0.25, 0.3) is 0 Å². The second-order valence-electron chi connectivity index (χ2n) is 12.7. The molecule has 0 unspecified atom stereocenters. The van der Waals surface area contributed by atoms with Gasteiger partial charge in [0.1, 0.15) is 5.75 Å². The number of methoxy groups -OCH3 is 1. The van der Waals surface area contributed by atoms with E-state index in [9.17, 15) is 13.2 Å². The number of piperazine rings is 1. The van der Waals surface area contributed by atoms with Gasteiger partial charge in [-0.25, -0.2) is 8.42 Å². The number of nitrogens with zero attached hydrogens (tertiary/aromatic N) is 3. The molecule has 0 spiro atoms. The third-order valence-corrected chi connectivity index (χ3v) is 9.08. The van der Waals surface area contributed by atoms with Crippen molar-refractivity contribution in [1.29, 1.82) is 0 Å². The summed E-state index contributed by atoms with van der Waals surface area (Å²) in [4.78, 5) is 17.7. The molecule has 1 fully saturated rings. The van der Waals surface area contributed by atoms with E-state index >= 15 is 0 Å². The molecule has 220 valence electrons. The number of sulfonamides is 1. The van der Waals surface area contributed by atoms with E-state index in [1.54, 1.807) is 23.5 Å². The minimum atomic E-state index is -3.53. The summed E-state index contributed by atoms with van der Waals surface area (Å²) in [6.07, 6.45) is 4.47. The molecule has 1 amide bonds. The van der Waals surface area contributed by atoms with Gasteiger partial charge >= 0.3 is 0 Å². The highest BCUT2D eigenvalue weighted by atomic mass is 32.2. The van der Waals surface area contributed by atoms with Crippen LogP contribution in [0.3, 0.4) is 0 Å². The molecule has 1 saturated heterocycles. The molecular weight excluding hydrogens is 522 g/mol. The Balaban J connectivity index is 1.60. The lowest BCUT2D eigenvalue weighted by Crippen LogP contribution is -2.50. The third kappa shape index (κ3) is 8.91. The van der Waals surface area contributed by atoms with E-state index in [0.717, 1.165) is 16.9 Å². The van der Waals surface area contributed by atoms with Gasteiger partial charge < -0.3 is 9.64 Å². The molecule has 3 rings (SSSR count). The molecule has 0 bridgehead atoms. The summed E-state index contributed by atoms with van der Waals surface area (Å²) in [5, 5.41) is 0. The lowest BCUT2D eigenvalue weighted by atomic mass is 9.87. The first-order valence-corrected chi connectivity index (χ1v) is 15.5. The number of para-hydroxylation sites is 1. The molecule has 0 aromatic heterocycles. The van der Waals surface area contributed by atoms with Gasteiger partial charge in [-0.2, -0.15) is 4.31 Å². The average Bonchev–Trinajstić information content (AvgIpc) is 2.89. The lowest BCUT2D eigenvalue weighted by Gasteiger charge is -2.35. The Morgan fingerprint density at radius 2 is 1.57 bits per heavy atom. The lowest BCUT2D eigenvalue weighted by molar-refractivity contribution is -0.132. The van der Waals surface area contributed by atoms with Crippen LogP contribution in [-0.4, -0.2) is 81.4 Å². The van der Waals surface area contributed by atoms with Crippen LogP contribution in [0, 0.1) is 5.41 Å². The van der Waals surface area contributed by atoms with Gasteiger partial charge in [-0.05, 0) is 34.6 Å². The minimum absolute atomic E-state index is 0.0275. The molecule has 1 aliphatic heterocycles. The summed E-state index contributed by atoms with van der Waals surface area (Å²) in [5.74, 6) is 0.918. The van der Waals surface area contributed by atoms with E-state index in [-0.39, 0.29) is 16.7 Å². The Hall–Kier alpha value is -2.68. The SMILES string of the molecule is COc1ccccc1/C=C/CN(CCN1CCN(S(=O)(=O)c2ccc(C(C)(C)C)cc2)CC1)C(=O)CC(C)(C)C. The quantitative estimate of drug-likeness (QED) is 0.390. The molecule has 2 aromatic carbocycles. The molecule has 0 radical (unpaired) electrons. The third-order valence-electron chi connectivity index (χ3n) is 7.17. The van der Waals surface area contributed by atoms with Crippen molar-refractivity contribution in [2.24, 2.45) is 5.41 Å². The summed E-state index contributed by atoms with van der Waals surface area (Å²) in [6, 6.07) is 15.1. The van der Waals surface area contributed by atoms with Crippen molar-refractivity contribution in [2.75, 3.05) is 52.9 Å². The van der Waals surface area contributed by atoms with Crippen molar-refractivity contribution >= 4 is 22.0 Å². The van der Waals surface area contributed by atoms with Crippen molar-refractivity contribution in [3.8, 4) is 5.75 Å². The van der Waals surface area contributed by atoms with E-state index in [1.807, 2.05) is 53.5 Å². The zero-order chi connectivity index (χ0) is 29.6. The fraction of sp³-hybridized carbons (Fsp3) is 0.531. The monoisotopic (exact) mass is 569 g/mol. The molecule has 7 nitrogen and oxygen atoms in total. The van der Waals surface area contributed by atoms with Gasteiger partial charge in [0.05, 0.1) is 12.0 Å². The molecule has 2 aromatic rings. The summed E-state index contributed by atoms with van der Waals surface area (Å²) in [7, 11) is -1.88. The molecule has 0 N–H and O–H groups in total. The van der Waals surface area contributed by atoms with Crippen molar-refractivity contribution in [3.05, 3.63) is 65.7 Å².